The summed E-state index contributed by atoms with van der Waals surface area (Å²) in [5, 5.41) is 6.33. The van der Waals surface area contributed by atoms with Gasteiger partial charge in [0.05, 0.1) is 12.2 Å². The van der Waals surface area contributed by atoms with Gasteiger partial charge in [-0.1, -0.05) is 0 Å². The first kappa shape index (κ1) is 13.2. The van der Waals surface area contributed by atoms with Crippen LogP contribution in [0.5, 0.6) is 0 Å². The third kappa shape index (κ3) is 2.98. The molecule has 0 saturated carbocycles. The summed E-state index contributed by atoms with van der Waals surface area (Å²) < 4.78 is 33.4. The Kier molecular flexibility index (Phi) is 3.55. The first-order valence-electron chi connectivity index (χ1n) is 5.69. The predicted octanol–water partition coefficient (Wildman–Crippen LogP) is -0.121. The van der Waals surface area contributed by atoms with Crippen LogP contribution in [0.1, 0.15) is 19.7 Å². The van der Waals surface area contributed by atoms with Crippen LogP contribution >= 0.6 is 0 Å². The summed E-state index contributed by atoms with van der Waals surface area (Å²) in [7, 11) is -3.63. The van der Waals surface area contributed by atoms with Gasteiger partial charge in [0.15, 0.2) is 0 Å². The Morgan fingerprint density at radius 2 is 2.00 bits per heavy atom. The Balaban J connectivity index is 2.10. The van der Waals surface area contributed by atoms with Gasteiger partial charge < -0.3 is 4.74 Å². The molecule has 8 nitrogen and oxygen atoms in total. The highest BCUT2D eigenvalue weighted by atomic mass is 32.2. The number of nitrogens with one attached hydrogen (secondary N) is 2. The number of hydrogen-bond donors (Lipinski definition) is 2. The van der Waals surface area contributed by atoms with E-state index in [1.54, 1.807) is 6.92 Å². The van der Waals surface area contributed by atoms with Gasteiger partial charge in [0.1, 0.15) is 5.82 Å². The second-order valence-corrected chi connectivity index (χ2v) is 6.10. The molecule has 1 aliphatic rings. The summed E-state index contributed by atoms with van der Waals surface area (Å²) in [5.41, 5.74) is 0. The summed E-state index contributed by atoms with van der Waals surface area (Å²) in [6.45, 7) is 6.03. The maximum Gasteiger partial charge on any atom is 0.304 e. The molecule has 0 bridgehead atoms. The van der Waals surface area contributed by atoms with E-state index in [2.05, 4.69) is 19.9 Å². The number of anilines is 1. The van der Waals surface area contributed by atoms with Crippen LogP contribution in [0.25, 0.3) is 0 Å². The second kappa shape index (κ2) is 4.82. The van der Waals surface area contributed by atoms with Crippen LogP contribution in [-0.4, -0.2) is 53.2 Å². The Hall–Kier alpha value is -1.19. The summed E-state index contributed by atoms with van der Waals surface area (Å²) in [5.74, 6) is 0.607. The lowest BCUT2D eigenvalue weighted by molar-refractivity contribution is -0.0439. The van der Waals surface area contributed by atoms with Gasteiger partial charge in [0.25, 0.3) is 5.95 Å². The van der Waals surface area contributed by atoms with Crippen LogP contribution < -0.4 is 4.72 Å². The topological polar surface area (TPSA) is 100 Å². The smallest absolute Gasteiger partial charge is 0.304 e. The third-order valence-corrected chi connectivity index (χ3v) is 3.96. The van der Waals surface area contributed by atoms with Gasteiger partial charge in [-0.25, -0.2) is 4.72 Å². The van der Waals surface area contributed by atoms with Crippen molar-refractivity contribution in [2.45, 2.75) is 33.0 Å². The van der Waals surface area contributed by atoms with Crippen LogP contribution in [-0.2, 0) is 14.9 Å². The summed E-state index contributed by atoms with van der Waals surface area (Å²) in [6, 6.07) is 0. The SMILES string of the molecule is Cc1nc(NS(=O)(=O)N2CC(C)OC(C)C2)n[nH]1. The van der Waals surface area contributed by atoms with Crippen LogP contribution in [0.15, 0.2) is 0 Å². The van der Waals surface area contributed by atoms with E-state index < -0.39 is 10.2 Å². The summed E-state index contributed by atoms with van der Waals surface area (Å²) >= 11 is 0. The van der Waals surface area contributed by atoms with Gasteiger partial charge in [-0.15, -0.1) is 5.10 Å². The number of hydrogen-bond acceptors (Lipinski definition) is 5. The molecule has 102 valence electrons. The molecule has 1 aromatic rings. The normalized spacial score (nSPS) is 26.2. The Labute approximate surface area is 106 Å². The van der Waals surface area contributed by atoms with Gasteiger partial charge in [-0.2, -0.15) is 17.7 Å². The van der Waals surface area contributed by atoms with E-state index >= 15 is 0 Å². The quantitative estimate of drug-likeness (QED) is 0.801. The molecular weight excluding hydrogens is 258 g/mol. The number of rotatable bonds is 3. The molecule has 2 atom stereocenters. The van der Waals surface area contributed by atoms with Crippen molar-refractivity contribution in [3.05, 3.63) is 5.82 Å². The average Bonchev–Trinajstić information content (AvgIpc) is 2.61. The van der Waals surface area contributed by atoms with Gasteiger partial charge in [-0.3, -0.25) is 5.10 Å². The Bertz CT molecular complexity index is 504. The highest BCUT2D eigenvalue weighted by Gasteiger charge is 2.31. The molecule has 0 aromatic carbocycles. The highest BCUT2D eigenvalue weighted by molar-refractivity contribution is 7.90. The fraction of sp³-hybridized carbons (Fsp3) is 0.778. The lowest BCUT2D eigenvalue weighted by Gasteiger charge is -2.33. The molecule has 0 spiro atoms. The standard InChI is InChI=1S/C9H17N5O3S/c1-6-4-14(5-7(2)17-6)18(15,16)13-9-10-8(3)11-12-9/h6-7H,4-5H2,1-3H3,(H2,10,11,12,13). The summed E-state index contributed by atoms with van der Waals surface area (Å²) in [6.07, 6.45) is -0.251. The molecule has 1 aliphatic heterocycles. The largest absolute Gasteiger partial charge is 0.373 e. The minimum absolute atomic E-state index is 0.0549. The zero-order valence-electron chi connectivity index (χ0n) is 10.5. The average molecular weight is 275 g/mol. The molecule has 18 heavy (non-hydrogen) atoms. The number of nitrogens with zero attached hydrogens (tertiary/aromatic N) is 3. The molecule has 9 heteroatoms. The highest BCUT2D eigenvalue weighted by Crippen LogP contribution is 2.15. The fourth-order valence-electron chi connectivity index (χ4n) is 1.90. The third-order valence-electron chi connectivity index (χ3n) is 2.54. The van der Waals surface area contributed by atoms with Crippen molar-refractivity contribution >= 4 is 16.2 Å². The Morgan fingerprint density at radius 1 is 1.39 bits per heavy atom. The van der Waals surface area contributed by atoms with Crippen molar-refractivity contribution in [1.82, 2.24) is 19.5 Å². The van der Waals surface area contributed by atoms with E-state index in [0.717, 1.165) is 0 Å². The van der Waals surface area contributed by atoms with E-state index in [1.165, 1.54) is 4.31 Å². The monoisotopic (exact) mass is 275 g/mol. The van der Waals surface area contributed by atoms with Crippen molar-refractivity contribution in [2.24, 2.45) is 0 Å². The molecule has 2 heterocycles. The fourth-order valence-corrected chi connectivity index (χ4v) is 3.16. The Morgan fingerprint density at radius 3 is 2.50 bits per heavy atom. The van der Waals surface area contributed by atoms with Gasteiger partial charge in [0, 0.05) is 13.1 Å². The lowest BCUT2D eigenvalue weighted by Crippen LogP contribution is -2.50. The lowest BCUT2D eigenvalue weighted by atomic mass is 10.3. The van der Waals surface area contributed by atoms with E-state index in [4.69, 9.17) is 4.74 Å². The van der Waals surface area contributed by atoms with E-state index in [1.807, 2.05) is 13.8 Å². The minimum Gasteiger partial charge on any atom is -0.373 e. The molecular formula is C9H17N5O3S. The van der Waals surface area contributed by atoms with E-state index in [0.29, 0.717) is 18.9 Å². The van der Waals surface area contributed by atoms with Crippen LogP contribution in [0.4, 0.5) is 5.95 Å². The molecule has 2 N–H and O–H groups in total. The molecule has 1 aromatic heterocycles. The predicted molar refractivity (Wildman–Crippen MR) is 65.2 cm³/mol. The molecule has 1 fully saturated rings. The first-order valence-corrected chi connectivity index (χ1v) is 7.13. The van der Waals surface area contributed by atoms with Crippen molar-refractivity contribution < 1.29 is 13.2 Å². The maximum absolute atomic E-state index is 12.1. The van der Waals surface area contributed by atoms with Crippen LogP contribution in [0, 0.1) is 6.92 Å². The molecule has 1 saturated heterocycles. The van der Waals surface area contributed by atoms with E-state index in [-0.39, 0.29) is 18.2 Å². The number of aromatic amines is 1. The maximum atomic E-state index is 12.1. The second-order valence-electron chi connectivity index (χ2n) is 4.43. The molecule has 0 amide bonds. The minimum atomic E-state index is -3.63. The van der Waals surface area contributed by atoms with Gasteiger partial charge in [-0.05, 0) is 20.8 Å². The number of aryl methyl sites for hydroxylation is 1. The number of aromatic nitrogens is 3. The molecule has 0 radical (unpaired) electrons. The van der Waals surface area contributed by atoms with Crippen molar-refractivity contribution in [2.75, 3.05) is 17.8 Å². The van der Waals surface area contributed by atoms with Crippen molar-refractivity contribution in [1.29, 1.82) is 0 Å². The van der Waals surface area contributed by atoms with Gasteiger partial charge in [0.2, 0.25) is 0 Å². The summed E-state index contributed by atoms with van der Waals surface area (Å²) in [4.78, 5) is 3.91. The number of morpholine rings is 1. The van der Waals surface area contributed by atoms with Crippen LogP contribution in [0.2, 0.25) is 0 Å². The van der Waals surface area contributed by atoms with Crippen molar-refractivity contribution in [3.63, 3.8) is 0 Å². The van der Waals surface area contributed by atoms with Gasteiger partial charge >= 0.3 is 10.2 Å². The van der Waals surface area contributed by atoms with E-state index in [9.17, 15) is 8.42 Å². The zero-order valence-corrected chi connectivity index (χ0v) is 11.4. The molecule has 2 unspecified atom stereocenters. The first-order chi connectivity index (χ1) is 8.37. The van der Waals surface area contributed by atoms with Crippen molar-refractivity contribution in [3.8, 4) is 0 Å². The van der Waals surface area contributed by atoms with Crippen LogP contribution in [0.3, 0.4) is 0 Å². The molecule has 0 aliphatic carbocycles. The number of H-pyrrole nitrogens is 1. The molecule has 2 rings (SSSR count). The number of ether oxygens (including phenoxy) is 1. The zero-order chi connectivity index (χ0) is 13.3.